The average molecular weight is 673 g/mol. The normalized spacial score (nSPS) is 15.2. The predicted octanol–water partition coefficient (Wildman–Crippen LogP) is 8.09. The summed E-state index contributed by atoms with van der Waals surface area (Å²) in [6.45, 7) is 6.21. The summed E-state index contributed by atoms with van der Waals surface area (Å²) in [5.74, 6) is 0.925. The second kappa shape index (κ2) is 13.6. The Labute approximate surface area is 272 Å². The van der Waals surface area contributed by atoms with Gasteiger partial charge in [-0.3, -0.25) is 4.90 Å². The third-order valence-electron chi connectivity index (χ3n) is 6.80. The van der Waals surface area contributed by atoms with Gasteiger partial charge in [0.1, 0.15) is 18.2 Å². The lowest BCUT2D eigenvalue weighted by Gasteiger charge is -2.24. The molecule has 3 aromatic carbocycles. The molecule has 0 amide bonds. The number of alkyl halides is 4. The topological polar surface area (TPSA) is 67.6 Å². The minimum atomic E-state index is -4.77. The molecule has 1 aliphatic rings. The average Bonchev–Trinajstić information content (AvgIpc) is 3.62. The van der Waals surface area contributed by atoms with Crippen molar-refractivity contribution in [2.75, 3.05) is 17.2 Å². The third kappa shape index (κ3) is 8.05. The van der Waals surface area contributed by atoms with E-state index in [0.717, 1.165) is 21.8 Å². The van der Waals surface area contributed by atoms with E-state index < -0.39 is 12.5 Å². The molecule has 7 nitrogen and oxygen atoms in total. The molecular weight excluding hydrogens is 645 g/mol. The van der Waals surface area contributed by atoms with Gasteiger partial charge in [0.05, 0.1) is 28.7 Å². The predicted molar refractivity (Wildman–Crippen MR) is 178 cm³/mol. The number of nitrogens with zero attached hydrogens (tertiary/aromatic N) is 5. The number of hydrogen-bond donors (Lipinski definition) is 1. The lowest BCUT2D eigenvalue weighted by Crippen LogP contribution is -2.32. The molecule has 5 rings (SSSR count). The molecule has 1 aromatic heterocycles. The second-order valence-electron chi connectivity index (χ2n) is 10.5. The molecule has 0 radical (unpaired) electrons. The number of hydrogen-bond acceptors (Lipinski definition) is 6. The Morgan fingerprint density at radius 3 is 2.47 bits per heavy atom. The van der Waals surface area contributed by atoms with Gasteiger partial charge in [-0.25, -0.2) is 14.1 Å². The standard InChI is InChI=1S/C31H28F4N6OS3/c1-18(2)24-13-4-19(3)14-26(24)41-27(43)16-45-30(41)38-29(44)36-15-25(32)20-5-7-21(8-6-20)28-37-17-40(39-28)22-9-11-23(12-10-22)42-31(33,34)35/h4-14,17-18,25H,15-16H2,1-3H3,(H,36,44). The number of halogens is 4. The Kier molecular flexibility index (Phi) is 9.85. The van der Waals surface area contributed by atoms with Gasteiger partial charge in [-0.05, 0) is 72.1 Å². The summed E-state index contributed by atoms with van der Waals surface area (Å²) in [4.78, 5) is 11.5. The molecule has 1 unspecified atom stereocenters. The molecule has 1 fully saturated rings. The van der Waals surface area contributed by atoms with Crippen LogP contribution >= 0.6 is 36.2 Å². The van der Waals surface area contributed by atoms with Gasteiger partial charge >= 0.3 is 6.36 Å². The molecule has 1 saturated heterocycles. The van der Waals surface area contributed by atoms with Gasteiger partial charge in [-0.1, -0.05) is 74.2 Å². The van der Waals surface area contributed by atoms with Crippen molar-refractivity contribution in [2.45, 2.75) is 39.2 Å². The van der Waals surface area contributed by atoms with E-state index in [2.05, 4.69) is 57.2 Å². The Morgan fingerprint density at radius 1 is 1.09 bits per heavy atom. The zero-order chi connectivity index (χ0) is 32.3. The fourth-order valence-electron chi connectivity index (χ4n) is 4.60. The second-order valence-corrected chi connectivity index (χ2v) is 12.3. The van der Waals surface area contributed by atoms with Crippen molar-refractivity contribution >= 4 is 57.2 Å². The van der Waals surface area contributed by atoms with Crippen LogP contribution in [-0.2, 0) is 0 Å². The summed E-state index contributed by atoms with van der Waals surface area (Å²) in [6, 6.07) is 18.2. The number of aryl methyl sites for hydroxylation is 1. The molecule has 4 aromatic rings. The first-order valence-corrected chi connectivity index (χ1v) is 15.6. The number of nitrogens with one attached hydrogen (secondary N) is 1. The van der Waals surface area contributed by atoms with Gasteiger partial charge in [0, 0.05) is 5.56 Å². The van der Waals surface area contributed by atoms with Gasteiger partial charge < -0.3 is 10.1 Å². The molecule has 1 aliphatic heterocycles. The van der Waals surface area contributed by atoms with E-state index in [0.29, 0.717) is 33.6 Å². The van der Waals surface area contributed by atoms with Gasteiger partial charge in [0.25, 0.3) is 0 Å². The lowest BCUT2D eigenvalue weighted by atomic mass is 9.99. The van der Waals surface area contributed by atoms with Crippen molar-refractivity contribution in [1.29, 1.82) is 0 Å². The number of amidine groups is 1. The van der Waals surface area contributed by atoms with Crippen LogP contribution in [0.25, 0.3) is 17.1 Å². The highest BCUT2D eigenvalue weighted by Gasteiger charge is 2.31. The number of aliphatic imine (C=N–C) groups is 1. The highest BCUT2D eigenvalue weighted by Crippen LogP contribution is 2.35. The number of thioether (sulfide) groups is 1. The minimum absolute atomic E-state index is 0.0767. The highest BCUT2D eigenvalue weighted by molar-refractivity contribution is 8.16. The number of benzene rings is 3. The molecule has 0 bridgehead atoms. The first-order chi connectivity index (χ1) is 21.4. The van der Waals surface area contributed by atoms with Crippen molar-refractivity contribution in [3.63, 3.8) is 0 Å². The zero-order valence-electron chi connectivity index (χ0n) is 24.4. The van der Waals surface area contributed by atoms with Crippen LogP contribution in [0.1, 0.15) is 42.6 Å². The van der Waals surface area contributed by atoms with Crippen LogP contribution in [0.5, 0.6) is 5.75 Å². The molecule has 14 heteroatoms. The molecule has 0 spiro atoms. The van der Waals surface area contributed by atoms with Gasteiger partial charge in [-0.2, -0.15) is 4.99 Å². The summed E-state index contributed by atoms with van der Waals surface area (Å²) in [5, 5.41) is 8.11. The van der Waals surface area contributed by atoms with E-state index in [1.54, 1.807) is 24.3 Å². The molecule has 1 atom stereocenters. The first kappa shape index (κ1) is 32.5. The Balaban J connectivity index is 1.20. The maximum absolute atomic E-state index is 15.2. The van der Waals surface area contributed by atoms with E-state index in [1.807, 2.05) is 11.8 Å². The zero-order valence-corrected chi connectivity index (χ0v) is 26.8. The number of aromatic nitrogens is 3. The van der Waals surface area contributed by atoms with Crippen molar-refractivity contribution in [3.05, 3.63) is 89.7 Å². The van der Waals surface area contributed by atoms with E-state index in [9.17, 15) is 13.2 Å². The fourth-order valence-corrected chi connectivity index (χ4v) is 6.12. The summed E-state index contributed by atoms with van der Waals surface area (Å²) < 4.78 is 57.7. The van der Waals surface area contributed by atoms with Gasteiger partial charge in [-0.15, -0.1) is 18.3 Å². The van der Waals surface area contributed by atoms with Gasteiger partial charge in [0.2, 0.25) is 0 Å². The van der Waals surface area contributed by atoms with Crippen LogP contribution in [0.2, 0.25) is 0 Å². The highest BCUT2D eigenvalue weighted by atomic mass is 32.2. The Hall–Kier alpha value is -3.88. The van der Waals surface area contributed by atoms with Crippen LogP contribution in [0.4, 0.5) is 23.2 Å². The summed E-state index contributed by atoms with van der Waals surface area (Å²) in [5.41, 5.74) is 4.81. The number of ether oxygens (including phenoxy) is 1. The summed E-state index contributed by atoms with van der Waals surface area (Å²) in [6.07, 6.45) is -4.70. The van der Waals surface area contributed by atoms with E-state index in [4.69, 9.17) is 24.4 Å². The molecule has 1 N–H and O–H groups in total. The van der Waals surface area contributed by atoms with Crippen molar-refractivity contribution in [3.8, 4) is 22.8 Å². The van der Waals surface area contributed by atoms with E-state index in [1.165, 1.54) is 47.0 Å². The molecular formula is C31H28F4N6OS3. The van der Waals surface area contributed by atoms with Crippen LogP contribution in [0.3, 0.4) is 0 Å². The monoisotopic (exact) mass is 672 g/mol. The quantitative estimate of drug-likeness (QED) is 0.149. The lowest BCUT2D eigenvalue weighted by molar-refractivity contribution is -0.274. The van der Waals surface area contributed by atoms with E-state index in [-0.39, 0.29) is 23.3 Å². The summed E-state index contributed by atoms with van der Waals surface area (Å²) in [7, 11) is 0. The van der Waals surface area contributed by atoms with Crippen molar-refractivity contribution in [2.24, 2.45) is 4.99 Å². The number of rotatable bonds is 8. The molecule has 0 saturated carbocycles. The third-order valence-corrected chi connectivity index (χ3v) is 8.50. The molecule has 2 heterocycles. The van der Waals surface area contributed by atoms with Crippen molar-refractivity contribution < 1.29 is 22.3 Å². The SMILES string of the molecule is Cc1ccc(C(C)C)c(N2C(=S)CSC2=NC(=S)NCC(F)c2ccc(-c3ncn(-c4ccc(OC(F)(F)F)cc4)n3)cc2)c1. The van der Waals surface area contributed by atoms with Crippen LogP contribution in [0, 0.1) is 6.92 Å². The first-order valence-electron chi connectivity index (χ1n) is 13.8. The largest absolute Gasteiger partial charge is 0.573 e. The molecule has 234 valence electrons. The van der Waals surface area contributed by atoms with E-state index >= 15 is 4.39 Å². The van der Waals surface area contributed by atoms with Crippen LogP contribution in [-0.4, -0.2) is 48.7 Å². The van der Waals surface area contributed by atoms with Crippen molar-refractivity contribution in [1.82, 2.24) is 20.1 Å². The molecule has 45 heavy (non-hydrogen) atoms. The molecule has 0 aliphatic carbocycles. The smallest absolute Gasteiger partial charge is 0.406 e. The maximum Gasteiger partial charge on any atom is 0.573 e. The fraction of sp³-hybridized carbons (Fsp3) is 0.258. The maximum atomic E-state index is 15.2. The van der Waals surface area contributed by atoms with Crippen LogP contribution in [0.15, 0.2) is 78.0 Å². The van der Waals surface area contributed by atoms with Crippen LogP contribution < -0.4 is 15.0 Å². The number of thiocarbonyl (C=S) groups is 2. The Bertz CT molecular complexity index is 1720. The Morgan fingerprint density at radius 2 is 1.80 bits per heavy atom. The minimum Gasteiger partial charge on any atom is -0.406 e. The summed E-state index contributed by atoms with van der Waals surface area (Å²) >= 11 is 12.6. The van der Waals surface area contributed by atoms with Gasteiger partial charge in [0.15, 0.2) is 16.1 Å². The number of anilines is 1.